The maximum absolute atomic E-state index is 12.8. The number of hydrogen-bond acceptors (Lipinski definition) is 6. The Balaban J connectivity index is 4.29. The molecule has 0 aliphatic rings. The molecule has 8 heteroatoms. The summed E-state index contributed by atoms with van der Waals surface area (Å²) in [5, 5.41) is 9.66. The Morgan fingerprint density at radius 1 is 0.477 bits per heavy atom. The van der Waals surface area contributed by atoms with Gasteiger partial charge in [0.1, 0.15) is 6.61 Å². The number of carbonyl (C=O) groups excluding carboxylic acids is 2. The minimum atomic E-state index is -0.882. The fourth-order valence-electron chi connectivity index (χ4n) is 7.55. The molecule has 0 saturated heterocycles. The van der Waals surface area contributed by atoms with Crippen molar-refractivity contribution in [2.75, 3.05) is 41.0 Å². The Bertz CT molecular complexity index is 1290. The lowest BCUT2D eigenvalue weighted by atomic mass is 10.1. The molecule has 0 rings (SSSR count). The summed E-state index contributed by atoms with van der Waals surface area (Å²) in [6.07, 6.45) is 60.9. The minimum Gasteiger partial charge on any atom is -0.477 e. The lowest BCUT2D eigenvalue weighted by molar-refractivity contribution is -0.887. The monoisotopic (exact) mass is 911 g/mol. The maximum Gasteiger partial charge on any atom is 0.362 e. The molecule has 2 atom stereocenters. The number of carboxylic acid groups (broad SMARTS) is 1. The Hall–Kier alpha value is -3.23. The molecule has 0 radical (unpaired) electrons. The van der Waals surface area contributed by atoms with Crippen LogP contribution in [-0.2, 0) is 28.6 Å². The largest absolute Gasteiger partial charge is 0.477 e. The average molecular weight is 911 g/mol. The Labute approximate surface area is 400 Å². The molecular weight excluding hydrogens is 811 g/mol. The van der Waals surface area contributed by atoms with Crippen LogP contribution >= 0.6 is 0 Å². The van der Waals surface area contributed by atoms with Crippen molar-refractivity contribution in [3.8, 4) is 0 Å². The third-order valence-electron chi connectivity index (χ3n) is 11.7. The Morgan fingerprint density at radius 3 is 1.35 bits per heavy atom. The molecule has 374 valence electrons. The average Bonchev–Trinajstić information content (AvgIpc) is 3.27. The topological polar surface area (TPSA) is 99.1 Å². The summed E-state index contributed by atoms with van der Waals surface area (Å²) in [6.45, 7) is 4.68. The molecule has 0 spiro atoms. The molecule has 65 heavy (non-hydrogen) atoms. The maximum atomic E-state index is 12.8. The van der Waals surface area contributed by atoms with Gasteiger partial charge >= 0.3 is 17.9 Å². The number of carboxylic acids is 1. The zero-order valence-electron chi connectivity index (χ0n) is 42.7. The predicted molar refractivity (Wildman–Crippen MR) is 275 cm³/mol. The van der Waals surface area contributed by atoms with Crippen molar-refractivity contribution in [3.63, 3.8) is 0 Å². The lowest BCUT2D eigenvalue weighted by Gasteiger charge is -2.31. The van der Waals surface area contributed by atoms with E-state index >= 15 is 0 Å². The van der Waals surface area contributed by atoms with Crippen LogP contribution in [0, 0.1) is 0 Å². The second-order valence-electron chi connectivity index (χ2n) is 18.9. The van der Waals surface area contributed by atoms with Gasteiger partial charge in [0.25, 0.3) is 0 Å². The van der Waals surface area contributed by atoms with Crippen LogP contribution in [0.15, 0.2) is 72.9 Å². The molecule has 0 aromatic heterocycles. The summed E-state index contributed by atoms with van der Waals surface area (Å²) in [4.78, 5) is 37.2. The van der Waals surface area contributed by atoms with Crippen molar-refractivity contribution in [3.05, 3.63) is 72.9 Å². The molecule has 0 aromatic carbocycles. The normalized spacial score (nSPS) is 13.4. The van der Waals surface area contributed by atoms with Gasteiger partial charge in [-0.3, -0.25) is 9.59 Å². The quantitative estimate of drug-likeness (QED) is 0.0213. The number of rotatable bonds is 47. The lowest BCUT2D eigenvalue weighted by Crippen LogP contribution is -2.50. The number of likely N-dealkylation sites (N-methyl/N-ethyl adjacent to an activating group) is 1. The van der Waals surface area contributed by atoms with Gasteiger partial charge in [-0.25, -0.2) is 4.79 Å². The summed E-state index contributed by atoms with van der Waals surface area (Å²) in [6, 6.07) is -0.625. The molecule has 0 aliphatic carbocycles. The van der Waals surface area contributed by atoms with E-state index in [1.165, 1.54) is 109 Å². The second kappa shape index (κ2) is 47.3. The molecule has 1 N–H and O–H groups in total. The Morgan fingerprint density at radius 2 is 0.877 bits per heavy atom. The number of nitrogens with zero attached hydrogens (tertiary/aromatic N) is 1. The highest BCUT2D eigenvalue weighted by atomic mass is 16.6. The van der Waals surface area contributed by atoms with Crippen LogP contribution in [0.25, 0.3) is 0 Å². The number of quaternary nitrogens is 1. The van der Waals surface area contributed by atoms with Crippen LogP contribution in [-0.4, -0.2) is 80.6 Å². The van der Waals surface area contributed by atoms with E-state index in [0.717, 1.165) is 77.0 Å². The molecule has 0 amide bonds. The summed E-state index contributed by atoms with van der Waals surface area (Å²) in [5.74, 6) is -1.51. The summed E-state index contributed by atoms with van der Waals surface area (Å²) >= 11 is 0. The van der Waals surface area contributed by atoms with E-state index < -0.39 is 18.1 Å². The highest BCUT2D eigenvalue weighted by Crippen LogP contribution is 2.14. The van der Waals surface area contributed by atoms with Gasteiger partial charge in [0.2, 0.25) is 0 Å². The zero-order chi connectivity index (χ0) is 47.7. The zero-order valence-corrected chi connectivity index (χ0v) is 42.7. The number of carbonyl (C=O) groups is 3. The van der Waals surface area contributed by atoms with E-state index in [1.54, 1.807) is 0 Å². The van der Waals surface area contributed by atoms with Crippen LogP contribution < -0.4 is 0 Å². The summed E-state index contributed by atoms with van der Waals surface area (Å²) < 4.78 is 17.3. The van der Waals surface area contributed by atoms with Crippen LogP contribution in [0.5, 0.6) is 0 Å². The SMILES string of the molecule is CCCCC/C=C/C=C/C=C/C=C/CCCCCCCC(=O)OC(COCCC(C(=O)O)[N+](C)(C)C)COC(=O)CCCCCCCCC/C=C/C/C=C/CCCCCCCCCCC. The highest BCUT2D eigenvalue weighted by Gasteiger charge is 2.31. The third kappa shape index (κ3) is 45.7. The van der Waals surface area contributed by atoms with Gasteiger partial charge in [-0.15, -0.1) is 0 Å². The summed E-state index contributed by atoms with van der Waals surface area (Å²) in [5.41, 5.74) is 0. The van der Waals surface area contributed by atoms with Gasteiger partial charge in [0.15, 0.2) is 12.1 Å². The van der Waals surface area contributed by atoms with E-state index in [0.29, 0.717) is 19.3 Å². The number of allylic oxidation sites excluding steroid dienone is 12. The number of aliphatic carboxylic acids is 1. The molecule has 8 nitrogen and oxygen atoms in total. The van der Waals surface area contributed by atoms with Gasteiger partial charge in [0.05, 0.1) is 34.4 Å². The molecule has 0 bridgehead atoms. The van der Waals surface area contributed by atoms with Crippen LogP contribution in [0.4, 0.5) is 0 Å². The first kappa shape index (κ1) is 61.8. The molecule has 0 heterocycles. The molecule has 0 saturated carbocycles. The van der Waals surface area contributed by atoms with Crippen molar-refractivity contribution >= 4 is 17.9 Å². The van der Waals surface area contributed by atoms with Crippen molar-refractivity contribution in [1.29, 1.82) is 0 Å². The predicted octanol–water partition coefficient (Wildman–Crippen LogP) is 15.5. The van der Waals surface area contributed by atoms with Gasteiger partial charge in [-0.05, 0) is 70.6 Å². The van der Waals surface area contributed by atoms with Crippen LogP contribution in [0.1, 0.15) is 219 Å². The first-order valence-electron chi connectivity index (χ1n) is 26.5. The fraction of sp³-hybridized carbons (Fsp3) is 0.737. The van der Waals surface area contributed by atoms with E-state index in [9.17, 15) is 19.5 Å². The van der Waals surface area contributed by atoms with Gasteiger partial charge in [-0.2, -0.15) is 0 Å². The highest BCUT2D eigenvalue weighted by molar-refractivity contribution is 5.72. The van der Waals surface area contributed by atoms with Crippen LogP contribution in [0.3, 0.4) is 0 Å². The van der Waals surface area contributed by atoms with Crippen molar-refractivity contribution in [2.45, 2.75) is 231 Å². The molecule has 0 aromatic rings. The fourth-order valence-corrected chi connectivity index (χ4v) is 7.55. The van der Waals surface area contributed by atoms with Crippen molar-refractivity contribution in [1.82, 2.24) is 0 Å². The molecular formula is C57H100NO7+. The Kier molecular flexibility index (Phi) is 44.9. The van der Waals surface area contributed by atoms with E-state index in [-0.39, 0.29) is 36.2 Å². The number of hydrogen-bond donors (Lipinski definition) is 1. The van der Waals surface area contributed by atoms with Crippen molar-refractivity contribution < 1.29 is 38.2 Å². The smallest absolute Gasteiger partial charge is 0.362 e. The van der Waals surface area contributed by atoms with Gasteiger partial charge < -0.3 is 23.8 Å². The molecule has 0 aliphatic heterocycles. The first-order chi connectivity index (χ1) is 31.6. The standard InChI is InChI=1S/C57H99NO7/c1-6-8-10-12-14-16-18-20-22-24-26-27-28-29-30-32-33-35-37-39-41-43-45-47-55(59)64-52-53(51-63-50-49-54(57(61)62)58(3,4)5)65-56(60)48-46-44-42-40-38-36-34-31-25-23-21-19-17-15-13-11-9-7-2/h15,17,19,21,23,25-27,29-31,34,53-54H,6-14,16,18,20,22,24,28,32-33,35-52H2,1-5H3/p+1/b17-15+,21-19+,25-23+,27-26+,30-29+,34-31+. The van der Waals surface area contributed by atoms with E-state index in [2.05, 4.69) is 86.8 Å². The van der Waals surface area contributed by atoms with Gasteiger partial charge in [-0.1, -0.05) is 202 Å². The minimum absolute atomic E-state index is 0.0456. The first-order valence-corrected chi connectivity index (χ1v) is 26.5. The number of unbranched alkanes of at least 4 members (excludes halogenated alkanes) is 24. The van der Waals surface area contributed by atoms with Crippen molar-refractivity contribution in [2.24, 2.45) is 0 Å². The molecule has 0 fully saturated rings. The third-order valence-corrected chi connectivity index (χ3v) is 11.7. The van der Waals surface area contributed by atoms with Crippen LogP contribution in [0.2, 0.25) is 0 Å². The second-order valence-corrected chi connectivity index (χ2v) is 18.9. The van der Waals surface area contributed by atoms with E-state index in [4.69, 9.17) is 14.2 Å². The molecule has 2 unspecified atom stereocenters. The summed E-state index contributed by atoms with van der Waals surface area (Å²) in [7, 11) is 5.52. The van der Waals surface area contributed by atoms with E-state index in [1.807, 2.05) is 21.1 Å². The number of ether oxygens (including phenoxy) is 3. The number of esters is 2. The van der Waals surface area contributed by atoms with Gasteiger partial charge in [0, 0.05) is 19.3 Å².